The summed E-state index contributed by atoms with van der Waals surface area (Å²) in [5.74, 6) is 0.0277. The van der Waals surface area contributed by atoms with Gasteiger partial charge in [0.05, 0.1) is 6.61 Å². The fraction of sp³-hybridized carbons (Fsp3) is 0.412. The Morgan fingerprint density at radius 2 is 1.77 bits per heavy atom. The van der Waals surface area contributed by atoms with Gasteiger partial charge in [0.2, 0.25) is 0 Å². The number of hydrogen-bond acceptors (Lipinski definition) is 5. The Hall–Kier alpha value is -2.14. The van der Waals surface area contributed by atoms with Gasteiger partial charge in [0.15, 0.2) is 5.78 Å². The van der Waals surface area contributed by atoms with Crippen molar-refractivity contribution in [3.05, 3.63) is 41.5 Å². The Labute approximate surface area is 130 Å². The largest absolute Gasteiger partial charge is 0.490 e. The molecule has 0 aliphatic carbocycles. The summed E-state index contributed by atoms with van der Waals surface area (Å²) >= 11 is 0. The lowest BCUT2D eigenvalue weighted by atomic mass is 10.1. The van der Waals surface area contributed by atoms with Crippen molar-refractivity contribution in [1.82, 2.24) is 0 Å². The molecule has 0 aliphatic heterocycles. The summed E-state index contributed by atoms with van der Waals surface area (Å²) in [7, 11) is 0. The molecule has 0 radical (unpaired) electrons. The predicted molar refractivity (Wildman–Crippen MR) is 83.2 cm³/mol. The van der Waals surface area contributed by atoms with Crippen molar-refractivity contribution in [2.45, 2.75) is 20.8 Å². The number of esters is 1. The van der Waals surface area contributed by atoms with Crippen LogP contribution in [0.2, 0.25) is 0 Å². The number of rotatable bonds is 9. The first-order chi connectivity index (χ1) is 10.5. The monoisotopic (exact) mass is 306 g/mol. The summed E-state index contributed by atoms with van der Waals surface area (Å²) in [5.41, 5.74) is 1.70. The first kappa shape index (κ1) is 17.9. The molecule has 1 rings (SSSR count). The van der Waals surface area contributed by atoms with Crippen molar-refractivity contribution in [2.24, 2.45) is 0 Å². The molecule has 1 aromatic rings. The fourth-order valence-electron chi connectivity index (χ4n) is 1.55. The Kier molecular flexibility index (Phi) is 7.92. The molecule has 1 aromatic carbocycles. The molecule has 22 heavy (non-hydrogen) atoms. The van der Waals surface area contributed by atoms with E-state index in [0.29, 0.717) is 24.5 Å². The lowest BCUT2D eigenvalue weighted by molar-refractivity contribution is -0.147. The van der Waals surface area contributed by atoms with Crippen LogP contribution in [-0.2, 0) is 14.3 Å². The number of benzene rings is 1. The standard InChI is InChI=1S/C17H22O5/c1-4-21-17(19)12-20-11-16(18)14-5-7-15(8-6-14)22-10-9-13(2)3/h5-9H,4,10-12H2,1-3H3. The highest BCUT2D eigenvalue weighted by Crippen LogP contribution is 2.13. The van der Waals surface area contributed by atoms with E-state index in [-0.39, 0.29) is 19.0 Å². The Bertz CT molecular complexity index is 512. The highest BCUT2D eigenvalue weighted by Gasteiger charge is 2.08. The van der Waals surface area contributed by atoms with Gasteiger partial charge in [0, 0.05) is 5.56 Å². The van der Waals surface area contributed by atoms with Crippen LogP contribution in [0.5, 0.6) is 5.75 Å². The molecule has 0 heterocycles. The number of Topliss-reactive ketones (excluding diaryl/α,β-unsaturated/α-hetero) is 1. The van der Waals surface area contributed by atoms with E-state index in [9.17, 15) is 9.59 Å². The van der Waals surface area contributed by atoms with Crippen LogP contribution in [0.15, 0.2) is 35.9 Å². The van der Waals surface area contributed by atoms with Gasteiger partial charge in [-0.15, -0.1) is 0 Å². The molecule has 0 amide bonds. The van der Waals surface area contributed by atoms with Gasteiger partial charge in [-0.3, -0.25) is 4.79 Å². The summed E-state index contributed by atoms with van der Waals surface area (Å²) in [5, 5.41) is 0. The highest BCUT2D eigenvalue weighted by atomic mass is 16.6. The SMILES string of the molecule is CCOC(=O)COCC(=O)c1ccc(OCC=C(C)C)cc1. The lowest BCUT2D eigenvalue weighted by Gasteiger charge is -2.06. The number of allylic oxidation sites excluding steroid dienone is 1. The fourth-order valence-corrected chi connectivity index (χ4v) is 1.55. The van der Waals surface area contributed by atoms with E-state index >= 15 is 0 Å². The van der Waals surface area contributed by atoms with Crippen molar-refractivity contribution in [3.63, 3.8) is 0 Å². The average molecular weight is 306 g/mol. The van der Waals surface area contributed by atoms with E-state index in [1.807, 2.05) is 19.9 Å². The maximum absolute atomic E-state index is 11.9. The second kappa shape index (κ2) is 9.73. The zero-order valence-electron chi connectivity index (χ0n) is 13.3. The average Bonchev–Trinajstić information content (AvgIpc) is 2.47. The molecule has 0 spiro atoms. The van der Waals surface area contributed by atoms with Crippen LogP contribution in [0.4, 0.5) is 0 Å². The van der Waals surface area contributed by atoms with Crippen molar-refractivity contribution in [2.75, 3.05) is 26.4 Å². The van der Waals surface area contributed by atoms with Gasteiger partial charge in [-0.1, -0.05) is 5.57 Å². The van der Waals surface area contributed by atoms with Gasteiger partial charge in [0.25, 0.3) is 0 Å². The summed E-state index contributed by atoms with van der Waals surface area (Å²) in [4.78, 5) is 22.9. The van der Waals surface area contributed by atoms with E-state index in [1.165, 1.54) is 5.57 Å². The minimum absolute atomic E-state index is 0.156. The quantitative estimate of drug-likeness (QED) is 0.399. The van der Waals surface area contributed by atoms with E-state index in [1.54, 1.807) is 31.2 Å². The molecule has 0 aliphatic rings. The number of ketones is 1. The molecule has 0 aromatic heterocycles. The third kappa shape index (κ3) is 7.04. The van der Waals surface area contributed by atoms with Gasteiger partial charge < -0.3 is 14.2 Å². The molecule has 5 heteroatoms. The molecule has 0 bridgehead atoms. The molecule has 0 saturated heterocycles. The van der Waals surface area contributed by atoms with Gasteiger partial charge >= 0.3 is 5.97 Å². The van der Waals surface area contributed by atoms with Crippen LogP contribution < -0.4 is 4.74 Å². The zero-order valence-corrected chi connectivity index (χ0v) is 13.3. The van der Waals surface area contributed by atoms with Gasteiger partial charge in [-0.05, 0) is 51.1 Å². The minimum atomic E-state index is -0.474. The van der Waals surface area contributed by atoms with Crippen LogP contribution in [0.25, 0.3) is 0 Å². The van der Waals surface area contributed by atoms with Crippen molar-refractivity contribution in [1.29, 1.82) is 0 Å². The predicted octanol–water partition coefficient (Wildman–Crippen LogP) is 2.79. The number of carbonyl (C=O) groups is 2. The normalized spacial score (nSPS) is 9.95. The Balaban J connectivity index is 2.40. The third-order valence-electron chi connectivity index (χ3n) is 2.68. The maximum atomic E-state index is 11.9. The van der Waals surface area contributed by atoms with E-state index < -0.39 is 5.97 Å². The third-order valence-corrected chi connectivity index (χ3v) is 2.68. The van der Waals surface area contributed by atoms with Crippen molar-refractivity contribution >= 4 is 11.8 Å². The smallest absolute Gasteiger partial charge is 0.332 e. The van der Waals surface area contributed by atoms with Crippen LogP contribution in [0, 0.1) is 0 Å². The van der Waals surface area contributed by atoms with Gasteiger partial charge in [0.1, 0.15) is 25.6 Å². The highest BCUT2D eigenvalue weighted by molar-refractivity contribution is 5.97. The molecule has 0 saturated carbocycles. The van der Waals surface area contributed by atoms with Crippen LogP contribution in [0.1, 0.15) is 31.1 Å². The van der Waals surface area contributed by atoms with Crippen LogP contribution >= 0.6 is 0 Å². The van der Waals surface area contributed by atoms with Crippen molar-refractivity contribution < 1.29 is 23.8 Å². The molecule has 0 unspecified atom stereocenters. The first-order valence-corrected chi connectivity index (χ1v) is 7.15. The minimum Gasteiger partial charge on any atom is -0.490 e. The van der Waals surface area contributed by atoms with E-state index in [0.717, 1.165) is 0 Å². The van der Waals surface area contributed by atoms with E-state index in [4.69, 9.17) is 14.2 Å². The topological polar surface area (TPSA) is 61.8 Å². The molecule has 120 valence electrons. The summed E-state index contributed by atoms with van der Waals surface area (Å²) in [6, 6.07) is 6.82. The molecule has 5 nitrogen and oxygen atoms in total. The van der Waals surface area contributed by atoms with Gasteiger partial charge in [-0.2, -0.15) is 0 Å². The zero-order chi connectivity index (χ0) is 16.4. The Morgan fingerprint density at radius 1 is 1.09 bits per heavy atom. The molecule has 0 fully saturated rings. The molecular weight excluding hydrogens is 284 g/mol. The van der Waals surface area contributed by atoms with Gasteiger partial charge in [-0.25, -0.2) is 4.79 Å². The second-order valence-corrected chi connectivity index (χ2v) is 4.84. The first-order valence-electron chi connectivity index (χ1n) is 7.15. The van der Waals surface area contributed by atoms with Crippen LogP contribution in [-0.4, -0.2) is 38.2 Å². The summed E-state index contributed by atoms with van der Waals surface area (Å²) < 4.78 is 15.2. The number of carbonyl (C=O) groups excluding carboxylic acids is 2. The van der Waals surface area contributed by atoms with Crippen molar-refractivity contribution in [3.8, 4) is 5.75 Å². The molecule has 0 atom stereocenters. The summed E-state index contributed by atoms with van der Waals surface area (Å²) in [6.45, 7) is 6.13. The molecular formula is C17H22O5. The van der Waals surface area contributed by atoms with Crippen LogP contribution in [0.3, 0.4) is 0 Å². The van der Waals surface area contributed by atoms with E-state index in [2.05, 4.69) is 0 Å². The maximum Gasteiger partial charge on any atom is 0.332 e. The number of hydrogen-bond donors (Lipinski definition) is 0. The second-order valence-electron chi connectivity index (χ2n) is 4.84. The molecule has 0 N–H and O–H groups in total. The Morgan fingerprint density at radius 3 is 2.36 bits per heavy atom. The lowest BCUT2D eigenvalue weighted by Crippen LogP contribution is -2.17. The number of ether oxygens (including phenoxy) is 3. The summed E-state index contributed by atoms with van der Waals surface area (Å²) in [6.07, 6.45) is 1.97.